The van der Waals surface area contributed by atoms with Gasteiger partial charge < -0.3 is 19.1 Å². The molecule has 1 amide bonds. The number of aryl methyl sites for hydroxylation is 1. The van der Waals surface area contributed by atoms with Crippen LogP contribution >= 0.6 is 15.9 Å². The quantitative estimate of drug-likeness (QED) is 0.571. The third kappa shape index (κ3) is 4.28. The van der Waals surface area contributed by atoms with Crippen LogP contribution < -0.4 is 9.47 Å². The molecule has 140 valence electrons. The molecular formula is C19H18BrN3O4. The Bertz CT molecular complexity index is 996. The lowest BCUT2D eigenvalue weighted by atomic mass is 10.2. The summed E-state index contributed by atoms with van der Waals surface area (Å²) in [4.78, 5) is 12.0. The van der Waals surface area contributed by atoms with E-state index in [4.69, 9.17) is 9.47 Å². The van der Waals surface area contributed by atoms with E-state index in [0.717, 1.165) is 15.7 Å². The number of hydrogen-bond acceptors (Lipinski definition) is 5. The number of ether oxygens (including phenoxy) is 2. The Morgan fingerprint density at radius 3 is 2.48 bits per heavy atom. The molecule has 0 fully saturated rings. The lowest BCUT2D eigenvalue weighted by Crippen LogP contribution is -2.07. The number of hydrogen-bond donors (Lipinski definition) is 1. The molecule has 8 heteroatoms. The zero-order chi connectivity index (χ0) is 19.4. The Labute approximate surface area is 164 Å². The van der Waals surface area contributed by atoms with Crippen LogP contribution in [0.5, 0.6) is 17.4 Å². The van der Waals surface area contributed by atoms with Crippen molar-refractivity contribution in [3.05, 3.63) is 46.9 Å². The van der Waals surface area contributed by atoms with Gasteiger partial charge in [-0.05, 0) is 49.4 Å². The van der Waals surface area contributed by atoms with E-state index in [-0.39, 0.29) is 18.2 Å². The number of amides is 1. The SMILES string of the molecule is CCOc1ccc(OCC(=O)N=Nc2c(O)n(C)c3ccc(Br)cc23)cc1. The van der Waals surface area contributed by atoms with Crippen molar-refractivity contribution in [2.75, 3.05) is 13.2 Å². The first kappa shape index (κ1) is 18.9. The standard InChI is InChI=1S/C19H18BrN3O4/c1-3-26-13-5-7-14(8-6-13)27-11-17(24)21-22-18-15-10-12(20)4-9-16(15)23(2)19(18)25/h4-10,25H,3,11H2,1-2H3. The van der Waals surface area contributed by atoms with Crippen molar-refractivity contribution in [1.29, 1.82) is 0 Å². The molecule has 0 radical (unpaired) electrons. The minimum atomic E-state index is -0.560. The molecule has 7 nitrogen and oxygen atoms in total. The highest BCUT2D eigenvalue weighted by Crippen LogP contribution is 2.39. The van der Waals surface area contributed by atoms with Gasteiger partial charge in [0.25, 0.3) is 0 Å². The van der Waals surface area contributed by atoms with Crippen LogP contribution in [-0.2, 0) is 11.8 Å². The predicted molar refractivity (Wildman–Crippen MR) is 105 cm³/mol. The van der Waals surface area contributed by atoms with Crippen molar-refractivity contribution < 1.29 is 19.4 Å². The van der Waals surface area contributed by atoms with Gasteiger partial charge in [-0.3, -0.25) is 4.79 Å². The van der Waals surface area contributed by atoms with E-state index < -0.39 is 5.91 Å². The number of fused-ring (bicyclic) bond motifs is 1. The average molecular weight is 432 g/mol. The average Bonchev–Trinajstić information content (AvgIpc) is 2.89. The zero-order valence-corrected chi connectivity index (χ0v) is 16.4. The molecule has 0 saturated carbocycles. The highest BCUT2D eigenvalue weighted by molar-refractivity contribution is 9.10. The molecule has 0 bridgehead atoms. The second kappa shape index (κ2) is 8.22. The van der Waals surface area contributed by atoms with Crippen LogP contribution in [0, 0.1) is 0 Å². The largest absolute Gasteiger partial charge is 0.494 e. The lowest BCUT2D eigenvalue weighted by molar-refractivity contribution is -0.120. The van der Waals surface area contributed by atoms with Crippen LogP contribution in [0.4, 0.5) is 5.69 Å². The summed E-state index contributed by atoms with van der Waals surface area (Å²) in [5.74, 6) is 0.634. The Kier molecular flexibility index (Phi) is 5.75. The van der Waals surface area contributed by atoms with Crippen molar-refractivity contribution in [3.63, 3.8) is 0 Å². The normalized spacial score (nSPS) is 11.2. The van der Waals surface area contributed by atoms with Crippen LogP contribution in [0.2, 0.25) is 0 Å². The Morgan fingerprint density at radius 1 is 1.15 bits per heavy atom. The number of carbonyl (C=O) groups is 1. The molecule has 0 unspecified atom stereocenters. The first-order valence-electron chi connectivity index (χ1n) is 8.26. The van der Waals surface area contributed by atoms with Crippen LogP contribution in [-0.4, -0.2) is 28.8 Å². The van der Waals surface area contributed by atoms with Gasteiger partial charge in [-0.15, -0.1) is 10.2 Å². The summed E-state index contributed by atoms with van der Waals surface area (Å²) in [7, 11) is 1.71. The minimum Gasteiger partial charge on any atom is -0.494 e. The van der Waals surface area contributed by atoms with Crippen molar-refractivity contribution in [3.8, 4) is 17.4 Å². The maximum atomic E-state index is 12.0. The van der Waals surface area contributed by atoms with Crippen LogP contribution in [0.15, 0.2) is 57.2 Å². The van der Waals surface area contributed by atoms with E-state index in [1.807, 2.05) is 25.1 Å². The predicted octanol–water partition coefficient (Wildman–Crippen LogP) is 4.73. The van der Waals surface area contributed by atoms with Gasteiger partial charge in [-0.25, -0.2) is 0 Å². The monoisotopic (exact) mass is 431 g/mol. The fraction of sp³-hybridized carbons (Fsp3) is 0.211. The molecular weight excluding hydrogens is 414 g/mol. The van der Waals surface area contributed by atoms with Gasteiger partial charge in [0.2, 0.25) is 5.88 Å². The van der Waals surface area contributed by atoms with Crippen LogP contribution in [0.3, 0.4) is 0 Å². The molecule has 2 aromatic carbocycles. The molecule has 0 spiro atoms. The number of aromatic nitrogens is 1. The molecule has 1 N–H and O–H groups in total. The topological polar surface area (TPSA) is 85.4 Å². The maximum absolute atomic E-state index is 12.0. The Hall–Kier alpha value is -2.87. The molecule has 0 aliphatic carbocycles. The van der Waals surface area contributed by atoms with Gasteiger partial charge in [-0.1, -0.05) is 15.9 Å². The summed E-state index contributed by atoms with van der Waals surface area (Å²) < 4.78 is 13.2. The zero-order valence-electron chi connectivity index (χ0n) is 14.8. The van der Waals surface area contributed by atoms with Gasteiger partial charge >= 0.3 is 5.91 Å². The highest BCUT2D eigenvalue weighted by Gasteiger charge is 2.15. The number of benzene rings is 2. The third-order valence-electron chi connectivity index (χ3n) is 3.86. The Morgan fingerprint density at radius 2 is 1.81 bits per heavy atom. The smallest absolute Gasteiger partial charge is 0.302 e. The molecule has 27 heavy (non-hydrogen) atoms. The molecule has 1 aromatic heterocycles. The van der Waals surface area contributed by atoms with E-state index in [1.165, 1.54) is 0 Å². The molecule has 0 atom stereocenters. The molecule has 0 aliphatic rings. The van der Waals surface area contributed by atoms with Crippen LogP contribution in [0.1, 0.15) is 6.92 Å². The van der Waals surface area contributed by atoms with Crippen molar-refractivity contribution in [1.82, 2.24) is 4.57 Å². The van der Waals surface area contributed by atoms with E-state index in [1.54, 1.807) is 35.9 Å². The molecule has 3 rings (SSSR count). The van der Waals surface area contributed by atoms with Gasteiger partial charge in [0, 0.05) is 16.9 Å². The molecule has 1 heterocycles. The van der Waals surface area contributed by atoms with Crippen molar-refractivity contribution >= 4 is 38.4 Å². The summed E-state index contributed by atoms with van der Waals surface area (Å²) in [6.45, 7) is 2.23. The lowest BCUT2D eigenvalue weighted by Gasteiger charge is -2.05. The number of azo groups is 1. The van der Waals surface area contributed by atoms with E-state index >= 15 is 0 Å². The maximum Gasteiger partial charge on any atom is 0.302 e. The van der Waals surface area contributed by atoms with E-state index in [2.05, 4.69) is 26.2 Å². The van der Waals surface area contributed by atoms with Gasteiger partial charge in [0.15, 0.2) is 12.3 Å². The van der Waals surface area contributed by atoms with Gasteiger partial charge in [-0.2, -0.15) is 0 Å². The highest BCUT2D eigenvalue weighted by atomic mass is 79.9. The number of aromatic hydroxyl groups is 1. The summed E-state index contributed by atoms with van der Waals surface area (Å²) in [6, 6.07) is 12.5. The minimum absolute atomic E-state index is 0.0629. The summed E-state index contributed by atoms with van der Waals surface area (Å²) >= 11 is 3.39. The number of nitrogens with zero attached hydrogens (tertiary/aromatic N) is 3. The second-order valence-electron chi connectivity index (χ2n) is 5.68. The summed E-state index contributed by atoms with van der Waals surface area (Å²) in [6.07, 6.45) is 0. The molecule has 0 saturated heterocycles. The number of halogens is 1. The summed E-state index contributed by atoms with van der Waals surface area (Å²) in [5.41, 5.74) is 1.02. The number of rotatable bonds is 6. The van der Waals surface area contributed by atoms with Crippen molar-refractivity contribution in [2.45, 2.75) is 6.92 Å². The molecule has 3 aromatic rings. The fourth-order valence-electron chi connectivity index (χ4n) is 2.56. The first-order chi connectivity index (χ1) is 13.0. The first-order valence-corrected chi connectivity index (χ1v) is 9.06. The van der Waals surface area contributed by atoms with E-state index in [0.29, 0.717) is 17.7 Å². The molecule has 0 aliphatic heterocycles. The third-order valence-corrected chi connectivity index (χ3v) is 4.36. The Balaban J connectivity index is 1.69. The van der Waals surface area contributed by atoms with Crippen molar-refractivity contribution in [2.24, 2.45) is 17.3 Å². The second-order valence-corrected chi connectivity index (χ2v) is 6.60. The van der Waals surface area contributed by atoms with Gasteiger partial charge in [0.05, 0.1) is 12.1 Å². The fourth-order valence-corrected chi connectivity index (χ4v) is 2.92. The summed E-state index contributed by atoms with van der Waals surface area (Å²) in [5, 5.41) is 18.5. The van der Waals surface area contributed by atoms with Crippen LogP contribution in [0.25, 0.3) is 10.9 Å². The van der Waals surface area contributed by atoms with E-state index in [9.17, 15) is 9.90 Å². The number of carbonyl (C=O) groups excluding carboxylic acids is 1. The van der Waals surface area contributed by atoms with Gasteiger partial charge in [0.1, 0.15) is 11.5 Å².